The van der Waals surface area contributed by atoms with E-state index in [1.165, 1.54) is 12.3 Å². The second-order valence-electron chi connectivity index (χ2n) is 5.35. The first kappa shape index (κ1) is 13.3. The Balaban J connectivity index is 1.60. The van der Waals surface area contributed by atoms with Gasteiger partial charge in [-0.3, -0.25) is 4.98 Å². The predicted molar refractivity (Wildman–Crippen MR) is 71.8 cm³/mol. The van der Waals surface area contributed by atoms with E-state index in [-0.39, 0.29) is 23.9 Å². The summed E-state index contributed by atoms with van der Waals surface area (Å²) >= 11 is 0. The molecule has 1 saturated heterocycles. The summed E-state index contributed by atoms with van der Waals surface area (Å²) in [6.45, 7) is 0.772. The van der Waals surface area contributed by atoms with Gasteiger partial charge in [-0.15, -0.1) is 0 Å². The molecule has 0 radical (unpaired) electrons. The van der Waals surface area contributed by atoms with E-state index in [2.05, 4.69) is 15.6 Å². The van der Waals surface area contributed by atoms with Crippen LogP contribution in [0.4, 0.5) is 14.9 Å². The number of carbonyl (C=O) groups is 1. The molecule has 1 aromatic heterocycles. The van der Waals surface area contributed by atoms with Crippen LogP contribution in [-0.4, -0.2) is 29.8 Å². The molecule has 20 heavy (non-hydrogen) atoms. The third-order valence-corrected chi connectivity index (χ3v) is 4.12. The van der Waals surface area contributed by atoms with Gasteiger partial charge in [-0.05, 0) is 31.7 Å². The molecule has 0 aromatic carbocycles. The minimum Gasteiger partial charge on any atom is -0.378 e. The summed E-state index contributed by atoms with van der Waals surface area (Å²) < 4.78 is 19.1. The Morgan fingerprint density at radius 3 is 3.15 bits per heavy atom. The van der Waals surface area contributed by atoms with Crippen molar-refractivity contribution in [1.82, 2.24) is 10.3 Å². The van der Waals surface area contributed by atoms with Crippen LogP contribution >= 0.6 is 0 Å². The molecule has 1 aromatic rings. The monoisotopic (exact) mass is 279 g/mol. The van der Waals surface area contributed by atoms with E-state index in [0.717, 1.165) is 38.5 Å². The lowest BCUT2D eigenvalue weighted by Crippen LogP contribution is -2.47. The van der Waals surface area contributed by atoms with Crippen molar-refractivity contribution >= 4 is 11.7 Å². The van der Waals surface area contributed by atoms with E-state index in [1.807, 2.05) is 0 Å². The largest absolute Gasteiger partial charge is 0.378 e. The van der Waals surface area contributed by atoms with Gasteiger partial charge in [-0.1, -0.05) is 0 Å². The number of hydrogen-bond acceptors (Lipinski definition) is 3. The quantitative estimate of drug-likeness (QED) is 0.873. The fraction of sp³-hybridized carbons (Fsp3) is 0.571. The Labute approximate surface area is 116 Å². The topological polar surface area (TPSA) is 63.2 Å². The van der Waals surface area contributed by atoms with Crippen LogP contribution in [0.5, 0.6) is 0 Å². The van der Waals surface area contributed by atoms with Crippen LogP contribution in [0.1, 0.15) is 25.7 Å². The average Bonchev–Trinajstić information content (AvgIpc) is 2.91. The molecule has 108 valence electrons. The Bertz CT molecular complexity index is 497. The third kappa shape index (κ3) is 2.75. The zero-order valence-electron chi connectivity index (χ0n) is 11.1. The van der Waals surface area contributed by atoms with Crippen molar-refractivity contribution in [2.45, 2.75) is 37.8 Å². The molecule has 0 unspecified atom stereocenters. The number of urea groups is 1. The normalized spacial score (nSPS) is 28.8. The molecule has 2 N–H and O–H groups in total. The van der Waals surface area contributed by atoms with Crippen molar-refractivity contribution in [2.24, 2.45) is 5.92 Å². The summed E-state index contributed by atoms with van der Waals surface area (Å²) in [6.07, 6.45) is 6.86. The number of carbonyl (C=O) groups excluding carboxylic acids is 1. The Morgan fingerprint density at radius 2 is 2.30 bits per heavy atom. The third-order valence-electron chi connectivity index (χ3n) is 4.12. The minimum absolute atomic E-state index is 0.112. The van der Waals surface area contributed by atoms with Crippen molar-refractivity contribution in [1.29, 1.82) is 0 Å². The Morgan fingerprint density at radius 1 is 1.40 bits per heavy atom. The van der Waals surface area contributed by atoms with E-state index in [1.54, 1.807) is 0 Å². The summed E-state index contributed by atoms with van der Waals surface area (Å²) in [5, 5.41) is 5.48. The minimum atomic E-state index is -0.534. The van der Waals surface area contributed by atoms with E-state index in [0.29, 0.717) is 5.92 Å². The van der Waals surface area contributed by atoms with E-state index in [4.69, 9.17) is 4.74 Å². The van der Waals surface area contributed by atoms with Crippen LogP contribution in [0.3, 0.4) is 0 Å². The molecule has 3 rings (SSSR count). The summed E-state index contributed by atoms with van der Waals surface area (Å²) in [5.41, 5.74) is 0.146. The predicted octanol–water partition coefficient (Wildman–Crippen LogP) is 2.30. The number of pyridine rings is 1. The van der Waals surface area contributed by atoms with Gasteiger partial charge in [0.25, 0.3) is 0 Å². The average molecular weight is 279 g/mol. The maximum Gasteiger partial charge on any atom is 0.319 e. The van der Waals surface area contributed by atoms with Crippen molar-refractivity contribution in [3.05, 3.63) is 24.3 Å². The molecular formula is C14H18FN3O2. The number of aromatic nitrogens is 1. The lowest BCUT2D eigenvalue weighted by molar-refractivity contribution is 0.0553. The lowest BCUT2D eigenvalue weighted by atomic mass is 9.82. The van der Waals surface area contributed by atoms with E-state index < -0.39 is 5.82 Å². The smallest absolute Gasteiger partial charge is 0.319 e. The van der Waals surface area contributed by atoms with Crippen LogP contribution in [0.15, 0.2) is 18.5 Å². The van der Waals surface area contributed by atoms with Crippen LogP contribution in [0.2, 0.25) is 0 Å². The number of amides is 2. The van der Waals surface area contributed by atoms with Gasteiger partial charge in [0, 0.05) is 24.8 Å². The van der Waals surface area contributed by atoms with Crippen LogP contribution in [-0.2, 0) is 4.74 Å². The van der Waals surface area contributed by atoms with Gasteiger partial charge in [0.1, 0.15) is 0 Å². The number of nitrogens with zero attached hydrogens (tertiary/aromatic N) is 1. The lowest BCUT2D eigenvalue weighted by Gasteiger charge is -2.33. The van der Waals surface area contributed by atoms with Gasteiger partial charge in [0.05, 0.1) is 18.0 Å². The van der Waals surface area contributed by atoms with Crippen molar-refractivity contribution < 1.29 is 13.9 Å². The fourth-order valence-corrected chi connectivity index (χ4v) is 3.16. The highest BCUT2D eigenvalue weighted by Crippen LogP contribution is 2.34. The summed E-state index contributed by atoms with van der Waals surface area (Å²) in [5.74, 6) is -0.148. The second-order valence-corrected chi connectivity index (χ2v) is 5.35. The summed E-state index contributed by atoms with van der Waals surface area (Å²) in [4.78, 5) is 15.6. The summed E-state index contributed by atoms with van der Waals surface area (Å²) in [6, 6.07) is 1.19. The van der Waals surface area contributed by atoms with Crippen LogP contribution in [0.25, 0.3) is 0 Å². The molecule has 5 nitrogen and oxygen atoms in total. The standard InChI is InChI=1S/C14H18FN3O2/c15-10-8-16-6-4-12(10)18-14(19)17-11-2-1-3-13-9(11)5-7-20-13/h4,6,8-9,11,13H,1-3,5,7H2,(H2,16,17,18,19)/t9-,11+,13+/m0/s1. The molecule has 2 fully saturated rings. The zero-order chi connectivity index (χ0) is 13.9. The highest BCUT2D eigenvalue weighted by molar-refractivity contribution is 5.89. The number of nitrogens with one attached hydrogen (secondary N) is 2. The fourth-order valence-electron chi connectivity index (χ4n) is 3.16. The number of fused-ring (bicyclic) bond motifs is 1. The maximum atomic E-state index is 13.4. The second kappa shape index (κ2) is 5.75. The Kier molecular flexibility index (Phi) is 3.82. The van der Waals surface area contributed by atoms with Gasteiger partial charge >= 0.3 is 6.03 Å². The van der Waals surface area contributed by atoms with Crippen molar-refractivity contribution in [3.63, 3.8) is 0 Å². The van der Waals surface area contributed by atoms with Crippen LogP contribution in [0, 0.1) is 11.7 Å². The van der Waals surface area contributed by atoms with Crippen molar-refractivity contribution in [2.75, 3.05) is 11.9 Å². The summed E-state index contributed by atoms with van der Waals surface area (Å²) in [7, 11) is 0. The van der Waals surface area contributed by atoms with Gasteiger partial charge in [0.2, 0.25) is 0 Å². The number of anilines is 1. The molecule has 0 spiro atoms. The first-order valence-corrected chi connectivity index (χ1v) is 7.02. The molecule has 3 atom stereocenters. The van der Waals surface area contributed by atoms with Gasteiger partial charge < -0.3 is 15.4 Å². The molecular weight excluding hydrogens is 261 g/mol. The number of hydrogen-bond donors (Lipinski definition) is 2. The molecule has 2 aliphatic rings. The zero-order valence-corrected chi connectivity index (χ0v) is 11.1. The number of rotatable bonds is 2. The van der Waals surface area contributed by atoms with E-state index in [9.17, 15) is 9.18 Å². The molecule has 0 bridgehead atoms. The Hall–Kier alpha value is -1.69. The molecule has 2 heterocycles. The SMILES string of the molecule is O=C(Nc1ccncc1F)N[C@@H]1CCC[C@H]2OCC[C@@H]12. The molecule has 1 aliphatic heterocycles. The first-order chi connectivity index (χ1) is 9.74. The van der Waals surface area contributed by atoms with Gasteiger partial charge in [0.15, 0.2) is 5.82 Å². The van der Waals surface area contributed by atoms with E-state index >= 15 is 0 Å². The van der Waals surface area contributed by atoms with Crippen molar-refractivity contribution in [3.8, 4) is 0 Å². The highest BCUT2D eigenvalue weighted by Gasteiger charge is 2.38. The number of halogens is 1. The molecule has 2 amide bonds. The first-order valence-electron chi connectivity index (χ1n) is 7.02. The van der Waals surface area contributed by atoms with Gasteiger partial charge in [-0.25, -0.2) is 9.18 Å². The molecule has 1 saturated carbocycles. The van der Waals surface area contributed by atoms with Crippen LogP contribution < -0.4 is 10.6 Å². The highest BCUT2D eigenvalue weighted by atomic mass is 19.1. The molecule has 6 heteroatoms. The molecule has 1 aliphatic carbocycles. The maximum absolute atomic E-state index is 13.4. The number of ether oxygens (including phenoxy) is 1. The van der Waals surface area contributed by atoms with Gasteiger partial charge in [-0.2, -0.15) is 0 Å².